The maximum atomic E-state index is 4.64. The number of benzene rings is 1. The van der Waals surface area contributed by atoms with E-state index in [1.807, 2.05) is 13.1 Å². The van der Waals surface area contributed by atoms with Crippen LogP contribution in [0.2, 0.25) is 0 Å². The lowest BCUT2D eigenvalue weighted by molar-refractivity contribution is 0.755. The van der Waals surface area contributed by atoms with Gasteiger partial charge in [-0.1, -0.05) is 31.7 Å². The molecule has 0 radical (unpaired) electrons. The Labute approximate surface area is 125 Å². The SMILES string of the molecule is CNc1cc(Sc2ccc(C)c(C)c2)nc(C(C)C)n1. The van der Waals surface area contributed by atoms with Gasteiger partial charge in [0.1, 0.15) is 16.7 Å². The fourth-order valence-corrected chi connectivity index (χ4v) is 2.70. The third-order valence-electron chi connectivity index (χ3n) is 3.19. The molecule has 1 aromatic heterocycles. The molecule has 0 fully saturated rings. The van der Waals surface area contributed by atoms with Crippen LogP contribution in [-0.2, 0) is 0 Å². The van der Waals surface area contributed by atoms with E-state index in [4.69, 9.17) is 0 Å². The van der Waals surface area contributed by atoms with E-state index < -0.39 is 0 Å². The van der Waals surface area contributed by atoms with Gasteiger partial charge in [0, 0.05) is 23.9 Å². The number of hydrogen-bond acceptors (Lipinski definition) is 4. The van der Waals surface area contributed by atoms with Crippen LogP contribution in [0.1, 0.15) is 36.7 Å². The molecular formula is C16H21N3S. The quantitative estimate of drug-likeness (QED) is 0.845. The largest absolute Gasteiger partial charge is 0.373 e. The second kappa shape index (κ2) is 6.27. The summed E-state index contributed by atoms with van der Waals surface area (Å²) in [5, 5.41) is 4.09. The van der Waals surface area contributed by atoms with Gasteiger partial charge in [-0.05, 0) is 37.1 Å². The van der Waals surface area contributed by atoms with Gasteiger partial charge in [0.05, 0.1) is 0 Å². The molecule has 106 valence electrons. The maximum absolute atomic E-state index is 4.64. The first-order valence-electron chi connectivity index (χ1n) is 6.81. The van der Waals surface area contributed by atoms with Crippen LogP contribution in [0.4, 0.5) is 5.82 Å². The van der Waals surface area contributed by atoms with E-state index in [-0.39, 0.29) is 0 Å². The minimum absolute atomic E-state index is 0.322. The topological polar surface area (TPSA) is 37.8 Å². The number of anilines is 1. The first-order valence-corrected chi connectivity index (χ1v) is 7.63. The van der Waals surface area contributed by atoms with Gasteiger partial charge >= 0.3 is 0 Å². The first-order chi connectivity index (χ1) is 9.49. The van der Waals surface area contributed by atoms with Crippen molar-refractivity contribution in [3.8, 4) is 0 Å². The zero-order valence-electron chi connectivity index (χ0n) is 12.7. The number of rotatable bonds is 4. The molecule has 0 aliphatic heterocycles. The summed E-state index contributed by atoms with van der Waals surface area (Å²) in [5.74, 6) is 2.07. The molecular weight excluding hydrogens is 266 g/mol. The van der Waals surface area contributed by atoms with Crippen LogP contribution in [0.15, 0.2) is 34.2 Å². The van der Waals surface area contributed by atoms with Gasteiger partial charge in [-0.3, -0.25) is 0 Å². The number of aryl methyl sites for hydroxylation is 2. The first kappa shape index (κ1) is 14.9. The summed E-state index contributed by atoms with van der Waals surface area (Å²) in [6.45, 7) is 8.49. The average molecular weight is 287 g/mol. The van der Waals surface area contributed by atoms with Crippen molar-refractivity contribution in [2.75, 3.05) is 12.4 Å². The molecule has 0 saturated carbocycles. The van der Waals surface area contributed by atoms with E-state index in [1.54, 1.807) is 11.8 Å². The van der Waals surface area contributed by atoms with Crippen LogP contribution in [0.25, 0.3) is 0 Å². The van der Waals surface area contributed by atoms with E-state index >= 15 is 0 Å². The van der Waals surface area contributed by atoms with Crippen molar-refractivity contribution in [2.45, 2.75) is 43.5 Å². The van der Waals surface area contributed by atoms with Gasteiger partial charge in [0.2, 0.25) is 0 Å². The molecule has 0 aliphatic carbocycles. The van der Waals surface area contributed by atoms with E-state index in [0.29, 0.717) is 5.92 Å². The van der Waals surface area contributed by atoms with Crippen molar-refractivity contribution < 1.29 is 0 Å². The lowest BCUT2D eigenvalue weighted by Gasteiger charge is -2.10. The fraction of sp³-hybridized carbons (Fsp3) is 0.375. The molecule has 20 heavy (non-hydrogen) atoms. The zero-order chi connectivity index (χ0) is 14.7. The molecule has 0 amide bonds. The number of nitrogens with zero attached hydrogens (tertiary/aromatic N) is 2. The highest BCUT2D eigenvalue weighted by Crippen LogP contribution is 2.29. The van der Waals surface area contributed by atoms with Crippen molar-refractivity contribution in [1.29, 1.82) is 0 Å². The van der Waals surface area contributed by atoms with Gasteiger partial charge in [-0.2, -0.15) is 0 Å². The highest BCUT2D eigenvalue weighted by atomic mass is 32.2. The Morgan fingerprint density at radius 1 is 1.05 bits per heavy atom. The molecule has 0 bridgehead atoms. The molecule has 3 nitrogen and oxygen atoms in total. The summed E-state index contributed by atoms with van der Waals surface area (Å²) >= 11 is 1.68. The highest BCUT2D eigenvalue weighted by Gasteiger charge is 2.09. The Balaban J connectivity index is 2.32. The number of aromatic nitrogens is 2. The molecule has 0 saturated heterocycles. The van der Waals surface area contributed by atoms with E-state index in [1.165, 1.54) is 16.0 Å². The molecule has 1 heterocycles. The molecule has 4 heteroatoms. The Hall–Kier alpha value is -1.55. The summed E-state index contributed by atoms with van der Waals surface area (Å²) in [7, 11) is 1.89. The van der Waals surface area contributed by atoms with Crippen LogP contribution in [-0.4, -0.2) is 17.0 Å². The summed E-state index contributed by atoms with van der Waals surface area (Å²) in [6.07, 6.45) is 0. The molecule has 1 N–H and O–H groups in total. The molecule has 0 spiro atoms. The van der Waals surface area contributed by atoms with Gasteiger partial charge in [-0.15, -0.1) is 0 Å². The summed E-state index contributed by atoms with van der Waals surface area (Å²) in [5.41, 5.74) is 2.62. The second-order valence-corrected chi connectivity index (χ2v) is 6.30. The van der Waals surface area contributed by atoms with Crippen LogP contribution < -0.4 is 5.32 Å². The van der Waals surface area contributed by atoms with Gasteiger partial charge in [0.15, 0.2) is 0 Å². The normalized spacial score (nSPS) is 10.9. The predicted molar refractivity (Wildman–Crippen MR) is 85.7 cm³/mol. The molecule has 1 aromatic carbocycles. The maximum Gasteiger partial charge on any atom is 0.134 e. The van der Waals surface area contributed by atoms with Crippen molar-refractivity contribution >= 4 is 17.6 Å². The monoisotopic (exact) mass is 287 g/mol. The summed E-state index contributed by atoms with van der Waals surface area (Å²) in [6, 6.07) is 8.49. The van der Waals surface area contributed by atoms with Crippen molar-refractivity contribution in [1.82, 2.24) is 9.97 Å². The lowest BCUT2D eigenvalue weighted by Crippen LogP contribution is -2.02. The van der Waals surface area contributed by atoms with Crippen molar-refractivity contribution in [2.24, 2.45) is 0 Å². The molecule has 0 unspecified atom stereocenters. The molecule has 2 aromatic rings. The number of hydrogen-bond donors (Lipinski definition) is 1. The Morgan fingerprint density at radius 2 is 1.80 bits per heavy atom. The van der Waals surface area contributed by atoms with E-state index in [9.17, 15) is 0 Å². The Kier molecular flexibility index (Phi) is 4.65. The van der Waals surface area contributed by atoms with Crippen LogP contribution >= 0.6 is 11.8 Å². The third kappa shape index (κ3) is 3.51. The Morgan fingerprint density at radius 3 is 2.40 bits per heavy atom. The third-order valence-corrected chi connectivity index (χ3v) is 4.10. The highest BCUT2D eigenvalue weighted by molar-refractivity contribution is 7.99. The van der Waals surface area contributed by atoms with Gasteiger partial charge < -0.3 is 5.32 Å². The zero-order valence-corrected chi connectivity index (χ0v) is 13.5. The van der Waals surface area contributed by atoms with E-state index in [2.05, 4.69) is 61.2 Å². The van der Waals surface area contributed by atoms with Crippen LogP contribution in [0, 0.1) is 13.8 Å². The van der Waals surface area contributed by atoms with Crippen LogP contribution in [0.5, 0.6) is 0 Å². The fourth-order valence-electron chi connectivity index (χ4n) is 1.78. The minimum Gasteiger partial charge on any atom is -0.373 e. The van der Waals surface area contributed by atoms with E-state index in [0.717, 1.165) is 16.7 Å². The summed E-state index contributed by atoms with van der Waals surface area (Å²) in [4.78, 5) is 10.3. The average Bonchev–Trinajstić information content (AvgIpc) is 2.42. The second-order valence-electron chi connectivity index (χ2n) is 5.20. The molecule has 0 atom stereocenters. The summed E-state index contributed by atoms with van der Waals surface area (Å²) < 4.78 is 0. The molecule has 0 aliphatic rings. The number of nitrogens with one attached hydrogen (secondary N) is 1. The van der Waals surface area contributed by atoms with Crippen molar-refractivity contribution in [3.63, 3.8) is 0 Å². The van der Waals surface area contributed by atoms with Gasteiger partial charge in [-0.25, -0.2) is 9.97 Å². The van der Waals surface area contributed by atoms with Crippen LogP contribution in [0.3, 0.4) is 0 Å². The predicted octanol–water partition coefficient (Wildman–Crippen LogP) is 4.41. The smallest absolute Gasteiger partial charge is 0.134 e. The molecule has 2 rings (SSSR count). The minimum atomic E-state index is 0.322. The van der Waals surface area contributed by atoms with Crippen molar-refractivity contribution in [3.05, 3.63) is 41.2 Å². The standard InChI is InChI=1S/C16H21N3S/c1-10(2)16-18-14(17-5)9-15(19-16)20-13-7-6-11(3)12(4)8-13/h6-10H,1-5H3,(H,17,18,19). The van der Waals surface area contributed by atoms with Gasteiger partial charge in [0.25, 0.3) is 0 Å². The Bertz CT molecular complexity index is 609. The lowest BCUT2D eigenvalue weighted by atomic mass is 10.1.